The quantitative estimate of drug-likeness (QED) is 0.453. The summed E-state index contributed by atoms with van der Waals surface area (Å²) in [5.74, 6) is -0.154. The molecule has 0 spiro atoms. The minimum Gasteiger partial charge on any atom is -0.464 e. The van der Waals surface area contributed by atoms with E-state index in [2.05, 4.69) is 11.6 Å². The van der Waals surface area contributed by atoms with Crippen LogP contribution in [0.5, 0.6) is 0 Å². The van der Waals surface area contributed by atoms with Gasteiger partial charge in [-0.2, -0.15) is 0 Å². The van der Waals surface area contributed by atoms with Crippen LogP contribution in [0.15, 0.2) is 48.0 Å². The molecule has 3 heteroatoms. The molecular weight excluding hydrogens is 226 g/mol. The van der Waals surface area contributed by atoms with Crippen molar-refractivity contribution in [1.29, 1.82) is 0 Å². The maximum Gasteiger partial charge on any atom is 0.334 e. The molecule has 0 bridgehead atoms. The lowest BCUT2D eigenvalue weighted by Crippen LogP contribution is -2.25. The first-order valence-corrected chi connectivity index (χ1v) is 6.13. The lowest BCUT2D eigenvalue weighted by atomic mass is 10.2. The smallest absolute Gasteiger partial charge is 0.334 e. The van der Waals surface area contributed by atoms with Crippen molar-refractivity contribution < 1.29 is 9.53 Å². The number of hydrogen-bond donors (Lipinski definition) is 0. The normalized spacial score (nSPS) is 25.9. The van der Waals surface area contributed by atoms with Gasteiger partial charge in [0.1, 0.15) is 0 Å². The van der Waals surface area contributed by atoms with Crippen LogP contribution in [0.4, 0.5) is 0 Å². The van der Waals surface area contributed by atoms with Gasteiger partial charge in [-0.05, 0) is 18.9 Å². The molecule has 0 saturated heterocycles. The van der Waals surface area contributed by atoms with E-state index in [1.807, 2.05) is 30.3 Å². The van der Waals surface area contributed by atoms with Gasteiger partial charge in [-0.15, -0.1) is 6.58 Å². The fourth-order valence-corrected chi connectivity index (χ4v) is 1.98. The average molecular weight is 243 g/mol. The number of benzene rings is 1. The van der Waals surface area contributed by atoms with Crippen molar-refractivity contribution in [2.75, 3.05) is 6.61 Å². The average Bonchev–Trinajstić information content (AvgIpc) is 3.13. The molecule has 18 heavy (non-hydrogen) atoms. The van der Waals surface area contributed by atoms with Gasteiger partial charge in [-0.3, -0.25) is 4.99 Å². The fourth-order valence-electron chi connectivity index (χ4n) is 1.98. The maximum absolute atomic E-state index is 11.9. The van der Waals surface area contributed by atoms with Gasteiger partial charge >= 0.3 is 5.97 Å². The molecule has 0 amide bonds. The van der Waals surface area contributed by atoms with Gasteiger partial charge in [-0.25, -0.2) is 4.79 Å². The van der Waals surface area contributed by atoms with Crippen molar-refractivity contribution in [3.8, 4) is 0 Å². The van der Waals surface area contributed by atoms with Crippen LogP contribution in [-0.2, 0) is 9.53 Å². The van der Waals surface area contributed by atoms with E-state index in [1.54, 1.807) is 19.2 Å². The second-order valence-corrected chi connectivity index (χ2v) is 4.36. The van der Waals surface area contributed by atoms with E-state index in [-0.39, 0.29) is 11.9 Å². The van der Waals surface area contributed by atoms with Crippen molar-refractivity contribution in [1.82, 2.24) is 0 Å². The third kappa shape index (κ3) is 2.35. The highest BCUT2D eigenvalue weighted by Gasteiger charge is 2.60. The second-order valence-electron chi connectivity index (χ2n) is 4.36. The number of aliphatic imine (C=N–C) groups is 1. The van der Waals surface area contributed by atoms with Gasteiger partial charge in [0.05, 0.1) is 6.61 Å². The lowest BCUT2D eigenvalue weighted by Gasteiger charge is -2.09. The molecule has 0 unspecified atom stereocenters. The van der Waals surface area contributed by atoms with E-state index < -0.39 is 5.54 Å². The Morgan fingerprint density at radius 2 is 2.28 bits per heavy atom. The Kier molecular flexibility index (Phi) is 3.60. The number of rotatable bonds is 5. The van der Waals surface area contributed by atoms with E-state index in [4.69, 9.17) is 4.74 Å². The van der Waals surface area contributed by atoms with Crippen molar-refractivity contribution >= 4 is 12.2 Å². The van der Waals surface area contributed by atoms with E-state index in [1.165, 1.54) is 0 Å². The minimum absolute atomic E-state index is 0.0940. The third-order valence-corrected chi connectivity index (χ3v) is 3.14. The largest absolute Gasteiger partial charge is 0.464 e. The molecule has 0 N–H and O–H groups in total. The van der Waals surface area contributed by atoms with Gasteiger partial charge in [0, 0.05) is 12.1 Å². The Hall–Kier alpha value is -1.90. The summed E-state index contributed by atoms with van der Waals surface area (Å²) in [6.45, 7) is 5.92. The van der Waals surface area contributed by atoms with Gasteiger partial charge in [0.25, 0.3) is 0 Å². The van der Waals surface area contributed by atoms with E-state index in [9.17, 15) is 4.79 Å². The van der Waals surface area contributed by atoms with Crippen LogP contribution in [0, 0.1) is 5.92 Å². The number of ether oxygens (including phenoxy) is 1. The summed E-state index contributed by atoms with van der Waals surface area (Å²) in [5, 5.41) is 0. The molecule has 1 fully saturated rings. The summed E-state index contributed by atoms with van der Waals surface area (Å²) in [6.07, 6.45) is 4.21. The summed E-state index contributed by atoms with van der Waals surface area (Å²) < 4.78 is 5.09. The molecule has 2 atom stereocenters. The number of carbonyl (C=O) groups excluding carboxylic acids is 1. The van der Waals surface area contributed by atoms with Crippen LogP contribution >= 0.6 is 0 Å². The zero-order valence-electron chi connectivity index (χ0n) is 10.5. The molecule has 0 heterocycles. The molecule has 0 aromatic heterocycles. The monoisotopic (exact) mass is 243 g/mol. The molecule has 0 radical (unpaired) electrons. The first kappa shape index (κ1) is 12.6. The fraction of sp³-hybridized carbons (Fsp3) is 0.333. The van der Waals surface area contributed by atoms with Gasteiger partial charge in [0.15, 0.2) is 5.54 Å². The first-order chi connectivity index (χ1) is 8.73. The van der Waals surface area contributed by atoms with Crippen LogP contribution in [0.1, 0.15) is 18.9 Å². The van der Waals surface area contributed by atoms with E-state index >= 15 is 0 Å². The number of esters is 1. The van der Waals surface area contributed by atoms with E-state index in [0.717, 1.165) is 5.56 Å². The molecule has 1 aliphatic rings. The van der Waals surface area contributed by atoms with Crippen molar-refractivity contribution in [3.63, 3.8) is 0 Å². The highest BCUT2D eigenvalue weighted by Crippen LogP contribution is 2.48. The van der Waals surface area contributed by atoms with Gasteiger partial charge < -0.3 is 4.74 Å². The predicted octanol–water partition coefficient (Wildman–Crippen LogP) is 2.61. The van der Waals surface area contributed by atoms with Crippen molar-refractivity contribution in [3.05, 3.63) is 48.6 Å². The zero-order valence-corrected chi connectivity index (χ0v) is 10.5. The topological polar surface area (TPSA) is 38.7 Å². The number of nitrogens with zero attached hydrogens (tertiary/aromatic N) is 1. The Morgan fingerprint density at radius 3 is 2.83 bits per heavy atom. The SMILES string of the molecule is C=C[C@@H]1C[C@]1(N=Cc1ccccc1)C(=O)OCC. The molecule has 3 nitrogen and oxygen atoms in total. The Labute approximate surface area is 107 Å². The zero-order chi connectivity index (χ0) is 13.0. The lowest BCUT2D eigenvalue weighted by molar-refractivity contribution is -0.146. The van der Waals surface area contributed by atoms with Crippen LogP contribution in [0.3, 0.4) is 0 Å². The molecule has 1 aromatic carbocycles. The molecule has 0 aliphatic heterocycles. The standard InChI is InChI=1S/C15H17NO2/c1-3-13-10-15(13,14(17)18-4-2)16-11-12-8-6-5-7-9-12/h3,5-9,11,13H,1,4,10H2,2H3/t13-,15-/m1/s1. The summed E-state index contributed by atoms with van der Waals surface area (Å²) in [5.41, 5.74) is 0.254. The summed E-state index contributed by atoms with van der Waals surface area (Å²) in [4.78, 5) is 16.4. The first-order valence-electron chi connectivity index (χ1n) is 6.13. The predicted molar refractivity (Wildman–Crippen MR) is 71.7 cm³/mol. The highest BCUT2D eigenvalue weighted by atomic mass is 16.5. The summed E-state index contributed by atoms with van der Waals surface area (Å²) in [7, 11) is 0. The minimum atomic E-state index is -0.729. The Morgan fingerprint density at radius 1 is 1.56 bits per heavy atom. The van der Waals surface area contributed by atoms with Crippen molar-refractivity contribution in [2.24, 2.45) is 10.9 Å². The summed E-state index contributed by atoms with van der Waals surface area (Å²) >= 11 is 0. The Balaban J connectivity index is 2.16. The molecule has 1 saturated carbocycles. The summed E-state index contributed by atoms with van der Waals surface area (Å²) in [6, 6.07) is 9.73. The number of hydrogen-bond acceptors (Lipinski definition) is 3. The molecule has 1 aliphatic carbocycles. The van der Waals surface area contributed by atoms with Crippen molar-refractivity contribution in [2.45, 2.75) is 18.9 Å². The van der Waals surface area contributed by atoms with Crippen LogP contribution in [0.25, 0.3) is 0 Å². The number of carbonyl (C=O) groups is 1. The molecular formula is C15H17NO2. The van der Waals surface area contributed by atoms with Crippen LogP contribution < -0.4 is 0 Å². The van der Waals surface area contributed by atoms with Crippen LogP contribution in [0.2, 0.25) is 0 Å². The molecule has 1 aromatic rings. The molecule has 2 rings (SSSR count). The Bertz CT molecular complexity index is 467. The third-order valence-electron chi connectivity index (χ3n) is 3.14. The van der Waals surface area contributed by atoms with E-state index in [0.29, 0.717) is 13.0 Å². The molecule has 94 valence electrons. The maximum atomic E-state index is 11.9. The van der Waals surface area contributed by atoms with Crippen LogP contribution in [-0.4, -0.2) is 24.3 Å². The highest BCUT2D eigenvalue weighted by molar-refractivity contribution is 5.90. The second kappa shape index (κ2) is 5.17. The van der Waals surface area contributed by atoms with Gasteiger partial charge in [0.2, 0.25) is 0 Å². The van der Waals surface area contributed by atoms with Gasteiger partial charge in [-0.1, -0.05) is 36.4 Å².